The van der Waals surface area contributed by atoms with Gasteiger partial charge in [0.25, 0.3) is 0 Å². The summed E-state index contributed by atoms with van der Waals surface area (Å²) in [6.07, 6.45) is 13.8. The Morgan fingerprint density at radius 1 is 1.10 bits per heavy atom. The maximum atomic E-state index is 13.1. The number of aryl methyl sites for hydroxylation is 2. The number of nitrogens with zero attached hydrogens (tertiary/aromatic N) is 6. The van der Waals surface area contributed by atoms with E-state index in [0.717, 1.165) is 74.9 Å². The predicted molar refractivity (Wildman–Crippen MR) is 166 cm³/mol. The van der Waals surface area contributed by atoms with E-state index in [9.17, 15) is 4.79 Å². The number of hydrogen-bond donors (Lipinski definition) is 1. The van der Waals surface area contributed by atoms with Crippen molar-refractivity contribution in [2.24, 2.45) is 0 Å². The van der Waals surface area contributed by atoms with Gasteiger partial charge >= 0.3 is 0 Å². The van der Waals surface area contributed by atoms with Crippen LogP contribution in [0.25, 0.3) is 5.82 Å². The lowest BCUT2D eigenvalue weighted by atomic mass is 9.91. The molecular weight excluding hydrogens is 522 g/mol. The van der Waals surface area contributed by atoms with Crippen LogP contribution in [-0.2, 0) is 37.1 Å². The average molecular weight is 566 g/mol. The van der Waals surface area contributed by atoms with Crippen LogP contribution < -0.4 is 5.32 Å². The van der Waals surface area contributed by atoms with Crippen LogP contribution in [0.15, 0.2) is 66.9 Å². The lowest BCUT2D eigenvalue weighted by Crippen LogP contribution is -2.44. The molecule has 1 amide bonds. The number of amides is 1. The van der Waals surface area contributed by atoms with E-state index in [1.54, 1.807) is 0 Å². The van der Waals surface area contributed by atoms with E-state index < -0.39 is 0 Å². The molecule has 4 heterocycles. The molecule has 1 fully saturated rings. The molecule has 0 radical (unpaired) electrons. The third-order valence-electron chi connectivity index (χ3n) is 8.90. The number of rotatable bonds is 9. The van der Waals surface area contributed by atoms with Gasteiger partial charge in [-0.25, -0.2) is 4.98 Å². The molecule has 3 aromatic rings. The summed E-state index contributed by atoms with van der Waals surface area (Å²) >= 11 is 0. The molecule has 1 atom stereocenters. The van der Waals surface area contributed by atoms with E-state index >= 15 is 0 Å². The van der Waals surface area contributed by atoms with E-state index in [1.807, 2.05) is 30.5 Å². The van der Waals surface area contributed by atoms with E-state index in [-0.39, 0.29) is 11.9 Å². The van der Waals surface area contributed by atoms with E-state index in [2.05, 4.69) is 75.1 Å². The predicted octanol–water partition coefficient (Wildman–Crippen LogP) is 4.19. The van der Waals surface area contributed by atoms with Gasteiger partial charge in [0.15, 0.2) is 0 Å². The molecule has 8 heteroatoms. The van der Waals surface area contributed by atoms with Crippen molar-refractivity contribution in [2.75, 3.05) is 40.3 Å². The number of likely N-dealkylation sites (N-methyl/N-ethyl adjacent to an activating group) is 1. The van der Waals surface area contributed by atoms with E-state index in [1.165, 1.54) is 23.2 Å². The van der Waals surface area contributed by atoms with Gasteiger partial charge in [-0.2, -0.15) is 0 Å². The minimum absolute atomic E-state index is 0.0657. The highest BCUT2D eigenvalue weighted by atomic mass is 16.1. The third kappa shape index (κ3) is 6.35. The Balaban J connectivity index is 1.27. The summed E-state index contributed by atoms with van der Waals surface area (Å²) in [5, 5.41) is 3.26. The summed E-state index contributed by atoms with van der Waals surface area (Å²) in [4.78, 5) is 30.4. The lowest BCUT2D eigenvalue weighted by molar-refractivity contribution is -0.121. The number of fused-ring (bicyclic) bond motifs is 2. The molecule has 2 aliphatic heterocycles. The van der Waals surface area contributed by atoms with Crippen molar-refractivity contribution < 1.29 is 4.79 Å². The minimum Gasteiger partial charge on any atom is -0.355 e. The van der Waals surface area contributed by atoms with Crippen molar-refractivity contribution in [3.63, 3.8) is 0 Å². The van der Waals surface area contributed by atoms with Crippen LogP contribution in [0.3, 0.4) is 0 Å². The molecule has 1 saturated heterocycles. The average Bonchev–Trinajstić information content (AvgIpc) is 3.21. The van der Waals surface area contributed by atoms with Crippen LogP contribution >= 0.6 is 0 Å². The van der Waals surface area contributed by atoms with Crippen LogP contribution in [-0.4, -0.2) is 75.4 Å². The standard InChI is InChI=1S/C34H43N7O/c1-38-20-22-40(23-21-38)33-16-7-6-15-31-37-28(25-39(2)29-14-8-12-27-13-9-19-35-34(27)29)30(41(31)33)24-36-32(42)18-17-26-10-4-3-5-11-26/h3-7,9-11,13,16,19,29H,8,12,14-15,17-18,20-25H2,1-2H3,(H,36,42)/t29-/m0/s1. The Kier molecular flexibility index (Phi) is 8.81. The number of piperazine rings is 1. The SMILES string of the molecule is CN1CCN(C2=CC=CCc3nc(CN(C)[C@H]4CCCc5cccnc54)c(CNC(=O)CCc4ccccc4)n32)CC1. The number of hydrogen-bond acceptors (Lipinski definition) is 6. The number of aromatic nitrogens is 3. The second-order valence-electron chi connectivity index (χ2n) is 11.8. The summed E-state index contributed by atoms with van der Waals surface area (Å²) in [6.45, 7) is 5.15. The van der Waals surface area contributed by atoms with Gasteiger partial charge in [0, 0.05) is 51.8 Å². The molecule has 2 aromatic heterocycles. The van der Waals surface area contributed by atoms with E-state index in [0.29, 0.717) is 19.5 Å². The zero-order valence-corrected chi connectivity index (χ0v) is 25.0. The number of carbonyl (C=O) groups excluding carboxylic acids is 1. The summed E-state index contributed by atoms with van der Waals surface area (Å²) in [5.74, 6) is 2.26. The first-order chi connectivity index (χ1) is 20.6. The van der Waals surface area contributed by atoms with Crippen molar-refractivity contribution in [2.45, 2.75) is 57.7 Å². The van der Waals surface area contributed by atoms with Gasteiger partial charge in [-0.3, -0.25) is 19.2 Å². The molecule has 0 bridgehead atoms. The number of carbonyl (C=O) groups is 1. The van der Waals surface area contributed by atoms with Crippen molar-refractivity contribution in [3.05, 3.63) is 101 Å². The van der Waals surface area contributed by atoms with Crippen molar-refractivity contribution in [3.8, 4) is 0 Å². The topological polar surface area (TPSA) is 69.5 Å². The minimum atomic E-state index is 0.0657. The zero-order chi connectivity index (χ0) is 28.9. The molecule has 42 heavy (non-hydrogen) atoms. The Hall–Kier alpha value is -3.75. The molecule has 0 unspecified atom stereocenters. The molecule has 3 aliphatic rings. The first kappa shape index (κ1) is 28.4. The fourth-order valence-electron chi connectivity index (χ4n) is 6.49. The summed E-state index contributed by atoms with van der Waals surface area (Å²) in [5.41, 5.74) is 5.85. The molecular formula is C34H43N7O. The van der Waals surface area contributed by atoms with Crippen molar-refractivity contribution >= 4 is 11.7 Å². The number of benzene rings is 1. The van der Waals surface area contributed by atoms with Crippen molar-refractivity contribution in [1.82, 2.24) is 34.6 Å². The number of nitrogens with one attached hydrogen (secondary N) is 1. The Labute approximate surface area is 249 Å². The summed E-state index contributed by atoms with van der Waals surface area (Å²) < 4.78 is 2.33. The summed E-state index contributed by atoms with van der Waals surface area (Å²) in [7, 11) is 4.38. The zero-order valence-electron chi connectivity index (χ0n) is 25.0. The van der Waals surface area contributed by atoms with Crippen molar-refractivity contribution in [1.29, 1.82) is 0 Å². The van der Waals surface area contributed by atoms with Gasteiger partial charge < -0.3 is 15.1 Å². The number of imidazole rings is 1. The maximum absolute atomic E-state index is 13.1. The highest BCUT2D eigenvalue weighted by Gasteiger charge is 2.29. The maximum Gasteiger partial charge on any atom is 0.220 e. The van der Waals surface area contributed by atoms with Gasteiger partial charge in [-0.05, 0) is 63.0 Å². The highest BCUT2D eigenvalue weighted by Crippen LogP contribution is 2.34. The Morgan fingerprint density at radius 3 is 2.76 bits per heavy atom. The van der Waals surface area contributed by atoms with E-state index in [4.69, 9.17) is 9.97 Å². The highest BCUT2D eigenvalue weighted by molar-refractivity contribution is 5.76. The molecule has 220 valence electrons. The van der Waals surface area contributed by atoms with Crippen LogP contribution in [0, 0.1) is 0 Å². The summed E-state index contributed by atoms with van der Waals surface area (Å²) in [6, 6.07) is 14.7. The van der Waals surface area contributed by atoms with Gasteiger partial charge in [0.1, 0.15) is 11.6 Å². The number of allylic oxidation sites excluding steroid dienone is 3. The molecule has 8 nitrogen and oxygen atoms in total. The fraction of sp³-hybridized carbons (Fsp3) is 0.441. The first-order valence-electron chi connectivity index (χ1n) is 15.4. The quantitative estimate of drug-likeness (QED) is 0.420. The Bertz CT molecular complexity index is 1440. The van der Waals surface area contributed by atoms with Gasteiger partial charge in [0.2, 0.25) is 5.91 Å². The van der Waals surface area contributed by atoms with Crippen LogP contribution in [0.1, 0.15) is 59.3 Å². The molecule has 0 saturated carbocycles. The lowest BCUT2D eigenvalue weighted by Gasteiger charge is -2.36. The van der Waals surface area contributed by atoms with Gasteiger partial charge in [-0.1, -0.05) is 48.6 Å². The normalized spacial score (nSPS) is 18.8. The molecule has 1 N–H and O–H groups in total. The second-order valence-corrected chi connectivity index (χ2v) is 11.8. The van der Waals surface area contributed by atoms with Crippen LogP contribution in [0.2, 0.25) is 0 Å². The second kappa shape index (κ2) is 13.0. The molecule has 1 aliphatic carbocycles. The molecule has 6 rings (SSSR count). The van der Waals surface area contributed by atoms with Gasteiger partial charge in [0.05, 0.1) is 29.7 Å². The smallest absolute Gasteiger partial charge is 0.220 e. The third-order valence-corrected chi connectivity index (χ3v) is 8.90. The fourth-order valence-corrected chi connectivity index (χ4v) is 6.49. The monoisotopic (exact) mass is 565 g/mol. The molecule has 1 aromatic carbocycles. The van der Waals surface area contributed by atoms with Crippen LogP contribution in [0.4, 0.5) is 0 Å². The number of pyridine rings is 1. The van der Waals surface area contributed by atoms with Crippen LogP contribution in [0.5, 0.6) is 0 Å². The van der Waals surface area contributed by atoms with Gasteiger partial charge in [-0.15, -0.1) is 0 Å². The largest absolute Gasteiger partial charge is 0.355 e. The Morgan fingerprint density at radius 2 is 1.93 bits per heavy atom. The molecule has 0 spiro atoms. The first-order valence-corrected chi connectivity index (χ1v) is 15.4.